The molecule has 0 heterocycles. The van der Waals surface area contributed by atoms with Gasteiger partial charge in [0.15, 0.2) is 5.11 Å². The lowest BCUT2D eigenvalue weighted by Gasteiger charge is -2.10. The van der Waals surface area contributed by atoms with Gasteiger partial charge in [0.1, 0.15) is 0 Å². The van der Waals surface area contributed by atoms with Crippen LogP contribution in [0.15, 0.2) is 59.7 Å². The second kappa shape index (κ2) is 8.29. The summed E-state index contributed by atoms with van der Waals surface area (Å²) in [5, 5.41) is 8.09. The zero-order chi connectivity index (χ0) is 15.8. The molecule has 4 heteroatoms. The maximum absolute atomic E-state index is 5.29. The van der Waals surface area contributed by atoms with Crippen molar-refractivity contribution < 1.29 is 0 Å². The quantitative estimate of drug-likeness (QED) is 0.485. The summed E-state index contributed by atoms with van der Waals surface area (Å²) in [6.45, 7) is 4.20. The maximum atomic E-state index is 5.29. The van der Waals surface area contributed by atoms with Crippen molar-refractivity contribution in [2.45, 2.75) is 26.7 Å². The van der Waals surface area contributed by atoms with Crippen LogP contribution in [-0.4, -0.2) is 10.8 Å². The van der Waals surface area contributed by atoms with Gasteiger partial charge in [-0.3, -0.25) is 5.43 Å². The molecule has 2 aromatic carbocycles. The van der Waals surface area contributed by atoms with Gasteiger partial charge in [0.25, 0.3) is 0 Å². The molecule has 0 bridgehead atoms. The van der Waals surface area contributed by atoms with E-state index >= 15 is 0 Å². The SMILES string of the molecule is CCC/C(=N/NC(=S)Nc1ccc(C)cc1)c1ccccc1. The molecule has 114 valence electrons. The predicted octanol–water partition coefficient (Wildman–Crippen LogP) is 4.49. The van der Waals surface area contributed by atoms with Crippen LogP contribution in [0.4, 0.5) is 5.69 Å². The normalized spacial score (nSPS) is 11.1. The Hall–Kier alpha value is -2.20. The van der Waals surface area contributed by atoms with E-state index in [4.69, 9.17) is 12.2 Å². The molecular weight excluding hydrogens is 290 g/mol. The Morgan fingerprint density at radius 3 is 2.36 bits per heavy atom. The van der Waals surface area contributed by atoms with E-state index in [1.807, 2.05) is 42.5 Å². The Kier molecular flexibility index (Phi) is 6.10. The molecule has 0 aromatic heterocycles. The summed E-state index contributed by atoms with van der Waals surface area (Å²) in [5.74, 6) is 0. The lowest BCUT2D eigenvalue weighted by Crippen LogP contribution is -2.25. The molecule has 0 fully saturated rings. The van der Waals surface area contributed by atoms with E-state index in [1.165, 1.54) is 5.56 Å². The first-order chi connectivity index (χ1) is 10.7. The van der Waals surface area contributed by atoms with Gasteiger partial charge in [0, 0.05) is 5.69 Å². The Balaban J connectivity index is 2.01. The highest BCUT2D eigenvalue weighted by Gasteiger charge is 2.03. The minimum absolute atomic E-state index is 0.494. The molecule has 0 amide bonds. The second-order valence-electron chi connectivity index (χ2n) is 5.11. The molecule has 0 unspecified atom stereocenters. The average Bonchev–Trinajstić information content (AvgIpc) is 2.54. The third kappa shape index (κ3) is 4.97. The van der Waals surface area contributed by atoms with Crippen LogP contribution in [0, 0.1) is 6.92 Å². The van der Waals surface area contributed by atoms with E-state index in [0.717, 1.165) is 29.8 Å². The molecule has 3 nitrogen and oxygen atoms in total. The molecule has 0 aliphatic heterocycles. The number of hydrogen-bond donors (Lipinski definition) is 2. The van der Waals surface area contributed by atoms with Crippen LogP contribution in [0.5, 0.6) is 0 Å². The lowest BCUT2D eigenvalue weighted by atomic mass is 10.1. The molecule has 0 atom stereocenters. The summed E-state index contributed by atoms with van der Waals surface area (Å²) < 4.78 is 0. The molecule has 2 N–H and O–H groups in total. The molecule has 2 aromatic rings. The van der Waals surface area contributed by atoms with E-state index in [1.54, 1.807) is 0 Å². The van der Waals surface area contributed by atoms with Crippen LogP contribution in [-0.2, 0) is 0 Å². The fourth-order valence-electron chi connectivity index (χ4n) is 2.05. The number of rotatable bonds is 5. The third-order valence-corrected chi connectivity index (χ3v) is 3.39. The van der Waals surface area contributed by atoms with Gasteiger partial charge >= 0.3 is 0 Å². The molecule has 2 rings (SSSR count). The number of benzene rings is 2. The second-order valence-corrected chi connectivity index (χ2v) is 5.51. The maximum Gasteiger partial charge on any atom is 0.191 e. The molecule has 0 radical (unpaired) electrons. The van der Waals surface area contributed by atoms with Crippen LogP contribution >= 0.6 is 12.2 Å². The number of aryl methyl sites for hydroxylation is 1. The van der Waals surface area contributed by atoms with Crippen molar-refractivity contribution in [1.82, 2.24) is 5.43 Å². The van der Waals surface area contributed by atoms with Crippen molar-refractivity contribution in [3.63, 3.8) is 0 Å². The van der Waals surface area contributed by atoms with E-state index in [2.05, 4.69) is 41.8 Å². The fraction of sp³-hybridized carbons (Fsp3) is 0.222. The smallest absolute Gasteiger partial charge is 0.191 e. The average molecular weight is 311 g/mol. The zero-order valence-corrected chi connectivity index (χ0v) is 13.8. The highest BCUT2D eigenvalue weighted by atomic mass is 32.1. The molecule has 0 saturated heterocycles. The number of thiocarbonyl (C=S) groups is 1. The van der Waals surface area contributed by atoms with Gasteiger partial charge < -0.3 is 5.32 Å². The monoisotopic (exact) mass is 311 g/mol. The minimum Gasteiger partial charge on any atom is -0.331 e. The van der Waals surface area contributed by atoms with E-state index < -0.39 is 0 Å². The molecule has 0 aliphatic carbocycles. The van der Waals surface area contributed by atoms with Crippen molar-refractivity contribution in [3.05, 3.63) is 65.7 Å². The summed E-state index contributed by atoms with van der Waals surface area (Å²) in [6, 6.07) is 18.2. The minimum atomic E-state index is 0.494. The standard InChI is InChI=1S/C18H21N3S/c1-3-7-17(15-8-5-4-6-9-15)20-21-18(22)19-16-12-10-14(2)11-13-16/h4-6,8-13H,3,7H2,1-2H3,(H2,19,21,22)/b20-17-. The van der Waals surface area contributed by atoms with Gasteiger partial charge in [0.2, 0.25) is 0 Å². The van der Waals surface area contributed by atoms with E-state index in [0.29, 0.717) is 5.11 Å². The number of nitrogens with zero attached hydrogens (tertiary/aromatic N) is 1. The van der Waals surface area contributed by atoms with Gasteiger partial charge in [-0.05, 0) is 43.3 Å². The third-order valence-electron chi connectivity index (χ3n) is 3.20. The zero-order valence-electron chi connectivity index (χ0n) is 13.0. The highest BCUT2D eigenvalue weighted by Crippen LogP contribution is 2.09. The van der Waals surface area contributed by atoms with Crippen LogP contribution in [0.1, 0.15) is 30.9 Å². The summed E-state index contributed by atoms with van der Waals surface area (Å²) in [7, 11) is 0. The van der Waals surface area contributed by atoms with Crippen LogP contribution in [0.25, 0.3) is 0 Å². The Bertz CT molecular complexity index is 633. The molecular formula is C18H21N3S. The first-order valence-corrected chi connectivity index (χ1v) is 7.85. The van der Waals surface area contributed by atoms with Gasteiger partial charge in [-0.15, -0.1) is 0 Å². The van der Waals surface area contributed by atoms with Crippen molar-refractivity contribution in [1.29, 1.82) is 0 Å². The summed E-state index contributed by atoms with van der Waals surface area (Å²) >= 11 is 5.29. The summed E-state index contributed by atoms with van der Waals surface area (Å²) in [6.07, 6.45) is 1.94. The van der Waals surface area contributed by atoms with Crippen LogP contribution < -0.4 is 10.7 Å². The van der Waals surface area contributed by atoms with Crippen LogP contribution in [0.3, 0.4) is 0 Å². The van der Waals surface area contributed by atoms with E-state index in [-0.39, 0.29) is 0 Å². The van der Waals surface area contributed by atoms with Crippen molar-refractivity contribution in [2.24, 2.45) is 5.10 Å². The van der Waals surface area contributed by atoms with Gasteiger partial charge in [-0.2, -0.15) is 5.10 Å². The van der Waals surface area contributed by atoms with Crippen molar-refractivity contribution in [3.8, 4) is 0 Å². The summed E-state index contributed by atoms with van der Waals surface area (Å²) in [4.78, 5) is 0. The molecule has 22 heavy (non-hydrogen) atoms. The first kappa shape index (κ1) is 16.2. The first-order valence-electron chi connectivity index (χ1n) is 7.44. The van der Waals surface area contributed by atoms with Gasteiger partial charge in [0.05, 0.1) is 5.71 Å². The Labute approximate surface area is 137 Å². The fourth-order valence-corrected chi connectivity index (χ4v) is 2.21. The molecule has 0 spiro atoms. The van der Waals surface area contributed by atoms with Gasteiger partial charge in [-0.1, -0.05) is 61.4 Å². The predicted molar refractivity (Wildman–Crippen MR) is 98.4 cm³/mol. The number of anilines is 1. The largest absolute Gasteiger partial charge is 0.331 e. The molecule has 0 aliphatic rings. The van der Waals surface area contributed by atoms with Crippen LogP contribution in [0.2, 0.25) is 0 Å². The number of hydrazone groups is 1. The van der Waals surface area contributed by atoms with E-state index in [9.17, 15) is 0 Å². The Morgan fingerprint density at radius 1 is 1.05 bits per heavy atom. The topological polar surface area (TPSA) is 36.4 Å². The number of hydrogen-bond acceptors (Lipinski definition) is 2. The van der Waals surface area contributed by atoms with Crippen molar-refractivity contribution in [2.75, 3.05) is 5.32 Å². The highest BCUT2D eigenvalue weighted by molar-refractivity contribution is 7.80. The van der Waals surface area contributed by atoms with Gasteiger partial charge in [-0.25, -0.2) is 0 Å². The summed E-state index contributed by atoms with van der Waals surface area (Å²) in [5.41, 5.74) is 7.24. The Morgan fingerprint density at radius 2 is 1.73 bits per heavy atom. The molecule has 0 saturated carbocycles. The lowest BCUT2D eigenvalue weighted by molar-refractivity contribution is 0.954. The number of nitrogens with one attached hydrogen (secondary N) is 2. The van der Waals surface area contributed by atoms with Crippen molar-refractivity contribution >= 4 is 28.7 Å².